The molecule has 3 nitrogen and oxygen atoms in total. The van der Waals surface area contributed by atoms with E-state index in [4.69, 9.17) is 5.73 Å². The fourth-order valence-corrected chi connectivity index (χ4v) is 2.34. The zero-order valence-corrected chi connectivity index (χ0v) is 11.1. The molecule has 0 atom stereocenters. The van der Waals surface area contributed by atoms with Crippen LogP contribution in [0, 0.1) is 0 Å². The van der Waals surface area contributed by atoms with E-state index in [2.05, 4.69) is 22.5 Å². The van der Waals surface area contributed by atoms with Gasteiger partial charge in [-0.25, -0.2) is 0 Å². The van der Waals surface area contributed by atoms with E-state index in [1.807, 2.05) is 4.90 Å². The number of anilines is 1. The summed E-state index contributed by atoms with van der Waals surface area (Å²) in [6.45, 7) is 4.29. The standard InChI is InChI=1S/C13H15BrN2O/c1-2-5-16(12-3-4-12)13(17)9-6-10(14)8-11(15)7-9/h2,6-8,12H,1,3-5,15H2. The first-order valence-electron chi connectivity index (χ1n) is 5.59. The van der Waals surface area contributed by atoms with Crippen molar-refractivity contribution in [2.45, 2.75) is 18.9 Å². The van der Waals surface area contributed by atoms with Crippen molar-refractivity contribution in [1.82, 2.24) is 4.90 Å². The molecule has 0 saturated heterocycles. The third-order valence-corrected chi connectivity index (χ3v) is 3.20. The number of rotatable bonds is 4. The summed E-state index contributed by atoms with van der Waals surface area (Å²) < 4.78 is 0.829. The molecule has 90 valence electrons. The van der Waals surface area contributed by atoms with Crippen LogP contribution in [0.4, 0.5) is 5.69 Å². The molecule has 0 aliphatic heterocycles. The van der Waals surface area contributed by atoms with E-state index in [0.29, 0.717) is 23.8 Å². The molecule has 1 aliphatic carbocycles. The number of nitrogen functional groups attached to an aromatic ring is 1. The van der Waals surface area contributed by atoms with Gasteiger partial charge in [-0.1, -0.05) is 22.0 Å². The van der Waals surface area contributed by atoms with Crippen LogP contribution in [-0.4, -0.2) is 23.4 Å². The Hall–Kier alpha value is -1.29. The molecule has 0 heterocycles. The zero-order chi connectivity index (χ0) is 12.4. The van der Waals surface area contributed by atoms with E-state index in [-0.39, 0.29) is 5.91 Å². The average Bonchev–Trinajstić information content (AvgIpc) is 3.07. The molecule has 0 spiro atoms. The van der Waals surface area contributed by atoms with Gasteiger partial charge in [0, 0.05) is 28.3 Å². The highest BCUT2D eigenvalue weighted by Crippen LogP contribution is 2.29. The van der Waals surface area contributed by atoms with Crippen molar-refractivity contribution in [3.63, 3.8) is 0 Å². The largest absolute Gasteiger partial charge is 0.399 e. The van der Waals surface area contributed by atoms with E-state index >= 15 is 0 Å². The molecule has 2 rings (SSSR count). The molecule has 1 saturated carbocycles. The molecular formula is C13H15BrN2O. The molecule has 1 aromatic rings. The van der Waals surface area contributed by atoms with Crippen molar-refractivity contribution in [2.75, 3.05) is 12.3 Å². The van der Waals surface area contributed by atoms with Gasteiger partial charge < -0.3 is 10.6 Å². The summed E-state index contributed by atoms with van der Waals surface area (Å²) in [5.41, 5.74) is 6.97. The Morgan fingerprint density at radius 3 is 2.76 bits per heavy atom. The third-order valence-electron chi connectivity index (χ3n) is 2.74. The third kappa shape index (κ3) is 2.88. The van der Waals surface area contributed by atoms with Crippen molar-refractivity contribution < 1.29 is 4.79 Å². The molecule has 1 aliphatic rings. The van der Waals surface area contributed by atoms with Gasteiger partial charge in [-0.2, -0.15) is 0 Å². The first-order valence-corrected chi connectivity index (χ1v) is 6.39. The summed E-state index contributed by atoms with van der Waals surface area (Å²) in [5.74, 6) is 0.0281. The summed E-state index contributed by atoms with van der Waals surface area (Å²) in [5, 5.41) is 0. The van der Waals surface area contributed by atoms with Gasteiger partial charge in [-0.05, 0) is 31.0 Å². The molecule has 4 heteroatoms. The van der Waals surface area contributed by atoms with Gasteiger partial charge in [0.2, 0.25) is 0 Å². The lowest BCUT2D eigenvalue weighted by atomic mass is 10.1. The van der Waals surface area contributed by atoms with E-state index in [9.17, 15) is 4.79 Å². The lowest BCUT2D eigenvalue weighted by Crippen LogP contribution is -2.33. The van der Waals surface area contributed by atoms with Gasteiger partial charge in [0.15, 0.2) is 0 Å². The van der Waals surface area contributed by atoms with Crippen LogP contribution in [0.1, 0.15) is 23.2 Å². The number of amides is 1. The lowest BCUT2D eigenvalue weighted by molar-refractivity contribution is 0.0762. The van der Waals surface area contributed by atoms with E-state index < -0.39 is 0 Å². The van der Waals surface area contributed by atoms with Crippen molar-refractivity contribution in [2.24, 2.45) is 0 Å². The maximum atomic E-state index is 12.3. The molecule has 0 bridgehead atoms. The lowest BCUT2D eigenvalue weighted by Gasteiger charge is -2.21. The Labute approximate surface area is 109 Å². The maximum absolute atomic E-state index is 12.3. The highest BCUT2D eigenvalue weighted by molar-refractivity contribution is 9.10. The van der Waals surface area contributed by atoms with E-state index in [0.717, 1.165) is 17.3 Å². The van der Waals surface area contributed by atoms with Crippen molar-refractivity contribution >= 4 is 27.5 Å². The number of nitrogens with two attached hydrogens (primary N) is 1. The van der Waals surface area contributed by atoms with Crippen LogP contribution in [0.15, 0.2) is 35.3 Å². The predicted octanol–water partition coefficient (Wildman–Crippen LogP) is 2.82. The summed E-state index contributed by atoms with van der Waals surface area (Å²) in [6, 6.07) is 5.68. The van der Waals surface area contributed by atoms with E-state index in [1.54, 1.807) is 24.3 Å². The molecule has 1 amide bonds. The highest BCUT2D eigenvalue weighted by atomic mass is 79.9. The quantitative estimate of drug-likeness (QED) is 0.686. The second kappa shape index (κ2) is 4.92. The Morgan fingerprint density at radius 1 is 1.53 bits per heavy atom. The normalized spacial score (nSPS) is 14.4. The van der Waals surface area contributed by atoms with Gasteiger partial charge in [0.1, 0.15) is 0 Å². The summed E-state index contributed by atoms with van der Waals surface area (Å²) in [7, 11) is 0. The summed E-state index contributed by atoms with van der Waals surface area (Å²) in [4.78, 5) is 14.2. The number of hydrogen-bond donors (Lipinski definition) is 1. The van der Waals surface area contributed by atoms with Crippen molar-refractivity contribution in [3.8, 4) is 0 Å². The number of nitrogens with zero attached hydrogens (tertiary/aromatic N) is 1. The SMILES string of the molecule is C=CCN(C(=O)c1cc(N)cc(Br)c1)C1CC1. The highest BCUT2D eigenvalue weighted by Gasteiger charge is 2.32. The number of halogens is 1. The number of carbonyl (C=O) groups excluding carboxylic acids is 1. The van der Waals surface area contributed by atoms with Gasteiger partial charge in [0.25, 0.3) is 5.91 Å². The Kier molecular flexibility index (Phi) is 3.52. The average molecular weight is 295 g/mol. The van der Waals surface area contributed by atoms with Crippen LogP contribution in [0.5, 0.6) is 0 Å². The van der Waals surface area contributed by atoms with E-state index in [1.165, 1.54) is 0 Å². The number of benzene rings is 1. The minimum Gasteiger partial charge on any atom is -0.399 e. The predicted molar refractivity (Wildman–Crippen MR) is 72.8 cm³/mol. The first kappa shape index (κ1) is 12.2. The minimum atomic E-state index is 0.0281. The maximum Gasteiger partial charge on any atom is 0.254 e. The Morgan fingerprint density at radius 2 is 2.24 bits per heavy atom. The number of hydrogen-bond acceptors (Lipinski definition) is 2. The van der Waals surface area contributed by atoms with Crippen molar-refractivity contribution in [1.29, 1.82) is 0 Å². The minimum absolute atomic E-state index is 0.0281. The van der Waals surface area contributed by atoms with Crippen LogP contribution < -0.4 is 5.73 Å². The molecule has 1 fully saturated rings. The van der Waals surface area contributed by atoms with Crippen LogP contribution in [-0.2, 0) is 0 Å². The van der Waals surface area contributed by atoms with Crippen LogP contribution in [0.25, 0.3) is 0 Å². The van der Waals surface area contributed by atoms with Crippen LogP contribution in [0.2, 0.25) is 0 Å². The molecular weight excluding hydrogens is 280 g/mol. The summed E-state index contributed by atoms with van der Waals surface area (Å²) in [6.07, 6.45) is 3.93. The second-order valence-corrected chi connectivity index (χ2v) is 5.17. The van der Waals surface area contributed by atoms with Crippen LogP contribution in [0.3, 0.4) is 0 Å². The van der Waals surface area contributed by atoms with Gasteiger partial charge in [-0.3, -0.25) is 4.79 Å². The molecule has 2 N–H and O–H groups in total. The molecule has 0 radical (unpaired) electrons. The molecule has 0 aromatic heterocycles. The number of carbonyl (C=O) groups is 1. The Bertz CT molecular complexity index is 434. The smallest absolute Gasteiger partial charge is 0.254 e. The van der Waals surface area contributed by atoms with Crippen LogP contribution >= 0.6 is 15.9 Å². The van der Waals surface area contributed by atoms with Gasteiger partial charge in [-0.15, -0.1) is 6.58 Å². The van der Waals surface area contributed by atoms with Gasteiger partial charge >= 0.3 is 0 Å². The zero-order valence-electron chi connectivity index (χ0n) is 9.53. The molecule has 0 unspecified atom stereocenters. The fraction of sp³-hybridized carbons (Fsp3) is 0.308. The first-order chi connectivity index (χ1) is 8.11. The van der Waals surface area contributed by atoms with Gasteiger partial charge in [0.05, 0.1) is 0 Å². The second-order valence-electron chi connectivity index (χ2n) is 4.25. The Balaban J connectivity index is 2.24. The summed E-state index contributed by atoms with van der Waals surface area (Å²) >= 11 is 3.35. The molecule has 1 aromatic carbocycles. The van der Waals surface area contributed by atoms with Crippen molar-refractivity contribution in [3.05, 3.63) is 40.9 Å². The topological polar surface area (TPSA) is 46.3 Å². The monoisotopic (exact) mass is 294 g/mol. The fourth-order valence-electron chi connectivity index (χ4n) is 1.82. The molecule has 17 heavy (non-hydrogen) atoms.